The Morgan fingerprint density at radius 2 is 1.86 bits per heavy atom. The van der Waals surface area contributed by atoms with E-state index in [4.69, 9.17) is 4.74 Å². The first-order valence-electron chi connectivity index (χ1n) is 8.34. The van der Waals surface area contributed by atoms with Crippen molar-refractivity contribution in [3.05, 3.63) is 0 Å². The number of esters is 1. The number of rotatable bonds is 6. The van der Waals surface area contributed by atoms with Crippen molar-refractivity contribution in [1.82, 2.24) is 10.2 Å². The maximum atomic E-state index is 11.9. The highest BCUT2D eigenvalue weighted by Gasteiger charge is 2.32. The minimum atomic E-state index is -0.112. The highest BCUT2D eigenvalue weighted by atomic mass is 16.5. The first-order chi connectivity index (χ1) is 9.61. The zero-order chi connectivity index (χ0) is 16.2. The molecule has 1 fully saturated rings. The van der Waals surface area contributed by atoms with Gasteiger partial charge in [-0.2, -0.15) is 0 Å². The fraction of sp³-hybridized carbons (Fsp3) is 0.941. The molecule has 0 bridgehead atoms. The van der Waals surface area contributed by atoms with Gasteiger partial charge in [-0.05, 0) is 67.7 Å². The minimum Gasteiger partial charge on any atom is -0.462 e. The smallest absolute Gasteiger partial charge is 0.323 e. The Morgan fingerprint density at radius 1 is 1.24 bits per heavy atom. The van der Waals surface area contributed by atoms with Crippen LogP contribution in [0.1, 0.15) is 67.7 Å². The summed E-state index contributed by atoms with van der Waals surface area (Å²) in [5.74, 6) is -0.0935. The molecule has 1 saturated heterocycles. The van der Waals surface area contributed by atoms with Crippen LogP contribution in [0.5, 0.6) is 0 Å². The summed E-state index contributed by atoms with van der Waals surface area (Å²) in [7, 11) is 0. The number of nitrogens with one attached hydrogen (secondary N) is 1. The van der Waals surface area contributed by atoms with E-state index in [9.17, 15) is 4.79 Å². The van der Waals surface area contributed by atoms with Gasteiger partial charge in [0.15, 0.2) is 0 Å². The molecule has 0 amide bonds. The average molecular weight is 298 g/mol. The summed E-state index contributed by atoms with van der Waals surface area (Å²) in [6.07, 6.45) is 3.01. The summed E-state index contributed by atoms with van der Waals surface area (Å²) in [6, 6.07) is 0.853. The molecule has 0 spiro atoms. The third kappa shape index (κ3) is 5.95. The van der Waals surface area contributed by atoms with Crippen LogP contribution >= 0.6 is 0 Å². The molecule has 0 aromatic carbocycles. The lowest BCUT2D eigenvalue weighted by Gasteiger charge is -2.39. The van der Waals surface area contributed by atoms with E-state index in [1.54, 1.807) is 0 Å². The van der Waals surface area contributed by atoms with Crippen molar-refractivity contribution in [3.8, 4) is 0 Å². The van der Waals surface area contributed by atoms with Crippen LogP contribution in [0, 0.1) is 0 Å². The van der Waals surface area contributed by atoms with Crippen LogP contribution in [-0.4, -0.2) is 47.2 Å². The highest BCUT2D eigenvalue weighted by Crippen LogP contribution is 2.21. The molecule has 2 unspecified atom stereocenters. The lowest BCUT2D eigenvalue weighted by atomic mass is 10.0. The molecule has 4 nitrogen and oxygen atoms in total. The van der Waals surface area contributed by atoms with Gasteiger partial charge in [0.2, 0.25) is 0 Å². The van der Waals surface area contributed by atoms with Crippen LogP contribution in [0.2, 0.25) is 0 Å². The predicted octanol–water partition coefficient (Wildman–Crippen LogP) is 2.96. The lowest BCUT2D eigenvalue weighted by Crippen LogP contribution is -2.48. The fourth-order valence-electron chi connectivity index (χ4n) is 3.21. The van der Waals surface area contributed by atoms with Crippen molar-refractivity contribution in [2.24, 2.45) is 0 Å². The molecule has 124 valence electrons. The van der Waals surface area contributed by atoms with Gasteiger partial charge in [-0.15, -0.1) is 0 Å². The van der Waals surface area contributed by atoms with Gasteiger partial charge in [-0.3, -0.25) is 9.69 Å². The molecule has 0 aliphatic carbocycles. The van der Waals surface area contributed by atoms with E-state index in [2.05, 4.69) is 44.8 Å². The second kappa shape index (κ2) is 7.59. The van der Waals surface area contributed by atoms with Gasteiger partial charge in [0.1, 0.15) is 6.04 Å². The number of carbonyl (C=O) groups excluding carboxylic acids is 1. The zero-order valence-corrected chi connectivity index (χ0v) is 14.9. The van der Waals surface area contributed by atoms with E-state index in [-0.39, 0.29) is 23.7 Å². The van der Waals surface area contributed by atoms with Gasteiger partial charge < -0.3 is 10.1 Å². The Bertz CT molecular complexity index is 334. The summed E-state index contributed by atoms with van der Waals surface area (Å²) >= 11 is 0. The van der Waals surface area contributed by atoms with Crippen LogP contribution in [-0.2, 0) is 9.53 Å². The van der Waals surface area contributed by atoms with Crippen molar-refractivity contribution >= 4 is 5.97 Å². The molecule has 21 heavy (non-hydrogen) atoms. The SMILES string of the molecule is CC(C)OC(=O)C1CCC(CCN(C(C)C)C(C)(C)C)N1. The van der Waals surface area contributed by atoms with Crippen LogP contribution in [0.3, 0.4) is 0 Å². The number of hydrogen-bond acceptors (Lipinski definition) is 4. The Hall–Kier alpha value is -0.610. The minimum absolute atomic E-state index is 0.0318. The zero-order valence-electron chi connectivity index (χ0n) is 14.9. The lowest BCUT2D eigenvalue weighted by molar-refractivity contribution is -0.149. The first-order valence-corrected chi connectivity index (χ1v) is 8.34. The van der Waals surface area contributed by atoms with Gasteiger partial charge >= 0.3 is 5.97 Å². The molecule has 1 aliphatic rings. The van der Waals surface area contributed by atoms with Crippen LogP contribution in [0.15, 0.2) is 0 Å². The second-order valence-electron chi connectivity index (χ2n) is 7.73. The van der Waals surface area contributed by atoms with E-state index < -0.39 is 0 Å². The van der Waals surface area contributed by atoms with Crippen molar-refractivity contribution in [2.75, 3.05) is 6.54 Å². The Labute approximate surface area is 130 Å². The second-order valence-corrected chi connectivity index (χ2v) is 7.73. The quantitative estimate of drug-likeness (QED) is 0.766. The third-order valence-electron chi connectivity index (χ3n) is 4.08. The standard InChI is InChI=1S/C17H34N2O2/c1-12(2)19(17(5,6)7)11-10-14-8-9-15(18-14)16(20)21-13(3)4/h12-15,18H,8-11H2,1-7H3. The van der Waals surface area contributed by atoms with E-state index >= 15 is 0 Å². The van der Waals surface area contributed by atoms with Gasteiger partial charge in [0.05, 0.1) is 6.10 Å². The molecule has 1 N–H and O–H groups in total. The molecule has 0 aromatic rings. The molecule has 0 saturated carbocycles. The topological polar surface area (TPSA) is 41.6 Å². The fourth-order valence-corrected chi connectivity index (χ4v) is 3.21. The van der Waals surface area contributed by atoms with Crippen molar-refractivity contribution in [2.45, 2.75) is 97.5 Å². The Balaban J connectivity index is 2.43. The van der Waals surface area contributed by atoms with Crippen LogP contribution < -0.4 is 5.32 Å². The molecule has 1 heterocycles. The largest absolute Gasteiger partial charge is 0.462 e. The maximum Gasteiger partial charge on any atom is 0.323 e. The van der Waals surface area contributed by atoms with E-state index in [1.807, 2.05) is 13.8 Å². The van der Waals surface area contributed by atoms with E-state index in [0.717, 1.165) is 25.8 Å². The number of ether oxygens (including phenoxy) is 1. The molecule has 1 rings (SSSR count). The van der Waals surface area contributed by atoms with Crippen molar-refractivity contribution < 1.29 is 9.53 Å². The summed E-state index contributed by atoms with van der Waals surface area (Å²) in [5, 5.41) is 3.44. The van der Waals surface area contributed by atoms with Crippen LogP contribution in [0.4, 0.5) is 0 Å². The predicted molar refractivity (Wildman–Crippen MR) is 87.4 cm³/mol. The number of hydrogen-bond donors (Lipinski definition) is 1. The number of nitrogens with zero attached hydrogens (tertiary/aromatic N) is 1. The first kappa shape index (κ1) is 18.4. The van der Waals surface area contributed by atoms with Crippen molar-refractivity contribution in [1.29, 1.82) is 0 Å². The van der Waals surface area contributed by atoms with Crippen molar-refractivity contribution in [3.63, 3.8) is 0 Å². The summed E-state index contributed by atoms with van der Waals surface area (Å²) in [6.45, 7) is 16.1. The van der Waals surface area contributed by atoms with Gasteiger partial charge in [-0.1, -0.05) is 0 Å². The normalized spacial score (nSPS) is 23.3. The molecule has 1 aliphatic heterocycles. The van der Waals surface area contributed by atoms with Crippen LogP contribution in [0.25, 0.3) is 0 Å². The van der Waals surface area contributed by atoms with E-state index in [0.29, 0.717) is 12.1 Å². The monoisotopic (exact) mass is 298 g/mol. The highest BCUT2D eigenvalue weighted by molar-refractivity contribution is 5.76. The molecular formula is C17H34N2O2. The van der Waals surface area contributed by atoms with Gasteiger partial charge in [-0.25, -0.2) is 0 Å². The molecular weight excluding hydrogens is 264 g/mol. The summed E-state index contributed by atoms with van der Waals surface area (Å²) < 4.78 is 5.29. The molecule has 4 heteroatoms. The summed E-state index contributed by atoms with van der Waals surface area (Å²) in [5.41, 5.74) is 0.183. The molecule has 0 aromatic heterocycles. The van der Waals surface area contributed by atoms with Gasteiger partial charge in [0, 0.05) is 24.2 Å². The Kier molecular flexibility index (Phi) is 6.67. The van der Waals surface area contributed by atoms with Gasteiger partial charge in [0.25, 0.3) is 0 Å². The Morgan fingerprint density at radius 3 is 2.33 bits per heavy atom. The third-order valence-corrected chi connectivity index (χ3v) is 4.08. The maximum absolute atomic E-state index is 11.9. The number of carbonyl (C=O) groups is 1. The molecule has 2 atom stereocenters. The van der Waals surface area contributed by atoms with E-state index in [1.165, 1.54) is 0 Å². The molecule has 0 radical (unpaired) electrons. The average Bonchev–Trinajstić information content (AvgIpc) is 2.74. The summed E-state index contributed by atoms with van der Waals surface area (Å²) in [4.78, 5) is 14.4.